The monoisotopic (exact) mass is 410 g/mol. The number of anilines is 1. The Labute approximate surface area is 180 Å². The lowest BCUT2D eigenvalue weighted by Gasteiger charge is -2.41. The summed E-state index contributed by atoms with van der Waals surface area (Å²) in [5, 5.41) is 14.1. The molecule has 0 saturated carbocycles. The molecule has 1 aliphatic heterocycles. The first-order valence-corrected chi connectivity index (χ1v) is 11.0. The highest BCUT2D eigenvalue weighted by molar-refractivity contribution is 5.93. The highest BCUT2D eigenvalue weighted by Crippen LogP contribution is 2.31. The Hall–Kier alpha value is -2.37. The fourth-order valence-corrected chi connectivity index (χ4v) is 3.87. The first-order valence-electron chi connectivity index (χ1n) is 11.0. The summed E-state index contributed by atoms with van der Waals surface area (Å²) in [6, 6.07) is 17.8. The number of nitrogens with zero attached hydrogens (tertiary/aromatic N) is 1. The molecule has 5 nitrogen and oxygen atoms in total. The van der Waals surface area contributed by atoms with E-state index in [1.807, 2.05) is 49.4 Å². The summed E-state index contributed by atoms with van der Waals surface area (Å²) in [5.41, 5.74) is 0.993. The Balaban J connectivity index is 1.52. The third kappa shape index (κ3) is 6.07. The Kier molecular flexibility index (Phi) is 7.88. The van der Waals surface area contributed by atoms with E-state index in [2.05, 4.69) is 29.3 Å². The minimum atomic E-state index is -0.980. The van der Waals surface area contributed by atoms with E-state index >= 15 is 0 Å². The number of carbonyl (C=O) groups excluding carboxylic acids is 1. The van der Waals surface area contributed by atoms with Gasteiger partial charge < -0.3 is 15.2 Å². The normalized spacial score (nSPS) is 17.3. The van der Waals surface area contributed by atoms with Crippen LogP contribution < -0.4 is 10.1 Å². The second kappa shape index (κ2) is 10.6. The van der Waals surface area contributed by atoms with Crippen molar-refractivity contribution in [2.75, 3.05) is 25.0 Å². The Morgan fingerprint density at radius 2 is 1.90 bits per heavy atom. The molecule has 0 bridgehead atoms. The van der Waals surface area contributed by atoms with Crippen molar-refractivity contribution in [3.05, 3.63) is 60.2 Å². The van der Waals surface area contributed by atoms with Crippen LogP contribution in [-0.2, 0) is 11.3 Å². The number of piperidine rings is 1. The molecule has 0 aromatic heterocycles. The van der Waals surface area contributed by atoms with Crippen molar-refractivity contribution < 1.29 is 14.6 Å². The van der Waals surface area contributed by atoms with Crippen LogP contribution in [0.5, 0.6) is 5.75 Å². The average molecular weight is 411 g/mol. The summed E-state index contributed by atoms with van der Waals surface area (Å²) in [5.74, 6) is 0.114. The van der Waals surface area contributed by atoms with Crippen LogP contribution in [0.25, 0.3) is 0 Å². The van der Waals surface area contributed by atoms with Crippen LogP contribution in [0.15, 0.2) is 54.6 Å². The van der Waals surface area contributed by atoms with Gasteiger partial charge in [0.2, 0.25) is 5.91 Å². The van der Waals surface area contributed by atoms with E-state index in [0.29, 0.717) is 25.1 Å². The molecular formula is C25H34N2O3. The fraction of sp³-hybridized carbons (Fsp3) is 0.480. The van der Waals surface area contributed by atoms with Crippen LogP contribution in [0, 0.1) is 5.92 Å². The Bertz CT molecular complexity index is 801. The standard InChI is InChI=1S/C25H34N2O3/c1-3-4-17-30-23-12-8-11-22(18-23)26-24(28)20(2)25(29)13-15-27(16-14-25)19-21-9-6-5-7-10-21/h5-12,18,20,29H,3-4,13-17,19H2,1-2H3,(H,26,28). The summed E-state index contributed by atoms with van der Waals surface area (Å²) in [4.78, 5) is 15.2. The van der Waals surface area contributed by atoms with Crippen LogP contribution in [0.2, 0.25) is 0 Å². The predicted octanol–water partition coefficient (Wildman–Crippen LogP) is 4.47. The van der Waals surface area contributed by atoms with Gasteiger partial charge in [0.15, 0.2) is 0 Å². The van der Waals surface area contributed by atoms with Crippen molar-refractivity contribution in [2.24, 2.45) is 5.92 Å². The molecule has 30 heavy (non-hydrogen) atoms. The first kappa shape index (κ1) is 22.3. The summed E-state index contributed by atoms with van der Waals surface area (Å²) in [6.07, 6.45) is 3.26. The smallest absolute Gasteiger partial charge is 0.230 e. The molecule has 1 aliphatic rings. The largest absolute Gasteiger partial charge is 0.494 e. The van der Waals surface area contributed by atoms with Gasteiger partial charge in [-0.2, -0.15) is 0 Å². The van der Waals surface area contributed by atoms with E-state index in [1.165, 1.54) is 5.56 Å². The maximum absolute atomic E-state index is 12.8. The van der Waals surface area contributed by atoms with Gasteiger partial charge in [0.05, 0.1) is 18.1 Å². The summed E-state index contributed by atoms with van der Waals surface area (Å²) >= 11 is 0. The third-order valence-corrected chi connectivity index (χ3v) is 6.04. The van der Waals surface area contributed by atoms with Gasteiger partial charge in [-0.3, -0.25) is 9.69 Å². The quantitative estimate of drug-likeness (QED) is 0.599. The average Bonchev–Trinajstić information content (AvgIpc) is 2.76. The SMILES string of the molecule is CCCCOc1cccc(NC(=O)C(C)C2(O)CCN(Cc3ccccc3)CC2)c1. The van der Waals surface area contributed by atoms with Crippen LogP contribution in [-0.4, -0.2) is 41.2 Å². The van der Waals surface area contributed by atoms with Crippen molar-refractivity contribution in [3.63, 3.8) is 0 Å². The molecule has 162 valence electrons. The number of likely N-dealkylation sites (tertiary alicyclic amines) is 1. The Morgan fingerprint density at radius 3 is 2.60 bits per heavy atom. The lowest BCUT2D eigenvalue weighted by atomic mass is 9.80. The van der Waals surface area contributed by atoms with Gasteiger partial charge in [-0.05, 0) is 37.0 Å². The van der Waals surface area contributed by atoms with E-state index in [1.54, 1.807) is 0 Å². The molecule has 1 fully saturated rings. The number of ether oxygens (including phenoxy) is 1. The molecule has 1 amide bonds. The van der Waals surface area contributed by atoms with Crippen LogP contribution in [0.3, 0.4) is 0 Å². The van der Waals surface area contributed by atoms with Gasteiger partial charge in [0.25, 0.3) is 0 Å². The minimum Gasteiger partial charge on any atom is -0.494 e. The summed E-state index contributed by atoms with van der Waals surface area (Å²) < 4.78 is 5.72. The lowest BCUT2D eigenvalue weighted by Crippen LogP contribution is -2.51. The van der Waals surface area contributed by atoms with Gasteiger partial charge in [-0.15, -0.1) is 0 Å². The number of benzene rings is 2. The highest BCUT2D eigenvalue weighted by atomic mass is 16.5. The van der Waals surface area contributed by atoms with Crippen LogP contribution >= 0.6 is 0 Å². The van der Waals surface area contributed by atoms with E-state index in [4.69, 9.17) is 4.74 Å². The van der Waals surface area contributed by atoms with Gasteiger partial charge in [0.1, 0.15) is 5.75 Å². The molecule has 2 N–H and O–H groups in total. The fourth-order valence-electron chi connectivity index (χ4n) is 3.87. The second-order valence-electron chi connectivity index (χ2n) is 8.31. The minimum absolute atomic E-state index is 0.153. The molecule has 1 saturated heterocycles. The van der Waals surface area contributed by atoms with Gasteiger partial charge in [0, 0.05) is 31.4 Å². The molecule has 3 rings (SSSR count). The zero-order valence-electron chi connectivity index (χ0n) is 18.1. The third-order valence-electron chi connectivity index (χ3n) is 6.04. The van der Waals surface area contributed by atoms with E-state index in [9.17, 15) is 9.90 Å². The number of rotatable bonds is 9. The molecule has 0 radical (unpaired) electrons. The molecule has 1 unspecified atom stereocenters. The molecular weight excluding hydrogens is 376 g/mol. The number of carbonyl (C=O) groups is 1. The van der Waals surface area contributed by atoms with Gasteiger partial charge in [-0.25, -0.2) is 0 Å². The maximum atomic E-state index is 12.8. The van der Waals surface area contributed by atoms with Crippen LogP contribution in [0.1, 0.15) is 45.1 Å². The number of hydrogen-bond donors (Lipinski definition) is 2. The number of aliphatic hydroxyl groups is 1. The molecule has 2 aromatic rings. The topological polar surface area (TPSA) is 61.8 Å². The first-order chi connectivity index (χ1) is 14.5. The molecule has 2 aromatic carbocycles. The Morgan fingerprint density at radius 1 is 1.17 bits per heavy atom. The maximum Gasteiger partial charge on any atom is 0.230 e. The lowest BCUT2D eigenvalue weighted by molar-refractivity contribution is -0.132. The molecule has 5 heteroatoms. The summed E-state index contributed by atoms with van der Waals surface area (Å²) in [7, 11) is 0. The number of amides is 1. The number of unbranched alkanes of at least 4 members (excludes halogenated alkanes) is 1. The van der Waals surface area contributed by atoms with Crippen molar-refractivity contribution >= 4 is 11.6 Å². The van der Waals surface area contributed by atoms with Crippen molar-refractivity contribution in [1.29, 1.82) is 0 Å². The zero-order valence-corrected chi connectivity index (χ0v) is 18.1. The highest BCUT2D eigenvalue weighted by Gasteiger charge is 2.40. The van der Waals surface area contributed by atoms with Crippen LogP contribution in [0.4, 0.5) is 5.69 Å². The second-order valence-corrected chi connectivity index (χ2v) is 8.31. The summed E-state index contributed by atoms with van der Waals surface area (Å²) in [6.45, 7) is 7.06. The van der Waals surface area contributed by atoms with E-state index in [0.717, 1.165) is 38.2 Å². The van der Waals surface area contributed by atoms with Gasteiger partial charge >= 0.3 is 0 Å². The molecule has 0 spiro atoms. The van der Waals surface area contributed by atoms with E-state index < -0.39 is 11.5 Å². The van der Waals surface area contributed by atoms with Crippen molar-refractivity contribution in [2.45, 2.75) is 51.7 Å². The van der Waals surface area contributed by atoms with Crippen molar-refractivity contribution in [1.82, 2.24) is 4.90 Å². The van der Waals surface area contributed by atoms with Gasteiger partial charge in [-0.1, -0.05) is 56.7 Å². The predicted molar refractivity (Wildman–Crippen MR) is 121 cm³/mol. The molecule has 0 aliphatic carbocycles. The number of hydrogen-bond acceptors (Lipinski definition) is 4. The van der Waals surface area contributed by atoms with E-state index in [-0.39, 0.29) is 5.91 Å². The number of nitrogens with one attached hydrogen (secondary N) is 1. The van der Waals surface area contributed by atoms with Crippen molar-refractivity contribution in [3.8, 4) is 5.75 Å². The molecule has 1 heterocycles. The zero-order chi connectivity index (χ0) is 21.4. The molecule has 1 atom stereocenters.